The molecule has 1 N–H and O–H groups in total. The minimum atomic E-state index is -1.48. The Labute approximate surface area is 188 Å². The Morgan fingerprint density at radius 3 is 1.34 bits per heavy atom. The summed E-state index contributed by atoms with van der Waals surface area (Å²) in [6.45, 7) is 12.2. The number of esters is 4. The molecule has 5 atom stereocenters. The van der Waals surface area contributed by atoms with E-state index in [2.05, 4.69) is 0 Å². The van der Waals surface area contributed by atoms with Crippen LogP contribution in [0.4, 0.5) is 0 Å². The van der Waals surface area contributed by atoms with Crippen molar-refractivity contribution >= 4 is 23.9 Å². The van der Waals surface area contributed by atoms with Crippen LogP contribution in [0.2, 0.25) is 0 Å². The molecular formula is C22H36O10. The molecule has 10 nitrogen and oxygen atoms in total. The lowest BCUT2D eigenvalue weighted by atomic mass is 9.97. The molecule has 0 aliphatic carbocycles. The number of carbonyl (C=O) groups is 4. The summed E-state index contributed by atoms with van der Waals surface area (Å²) in [5.74, 6) is -4.75. The molecule has 1 unspecified atom stereocenters. The van der Waals surface area contributed by atoms with E-state index in [-0.39, 0.29) is 0 Å². The number of ether oxygens (including phenoxy) is 5. The van der Waals surface area contributed by atoms with E-state index < -0.39 is 84.9 Å². The maximum Gasteiger partial charge on any atom is 0.310 e. The maximum atomic E-state index is 12.5. The molecule has 0 aromatic rings. The third-order valence-electron chi connectivity index (χ3n) is 4.65. The van der Waals surface area contributed by atoms with E-state index in [1.807, 2.05) is 0 Å². The van der Waals surface area contributed by atoms with Gasteiger partial charge in [0.05, 0.1) is 30.3 Å². The predicted molar refractivity (Wildman–Crippen MR) is 111 cm³/mol. The molecule has 0 bridgehead atoms. The van der Waals surface area contributed by atoms with Crippen LogP contribution in [0.5, 0.6) is 0 Å². The van der Waals surface area contributed by atoms with Gasteiger partial charge in [0.2, 0.25) is 12.4 Å². The quantitative estimate of drug-likeness (QED) is 0.399. The summed E-state index contributed by atoms with van der Waals surface area (Å²) in [6, 6.07) is 0. The van der Waals surface area contributed by atoms with Gasteiger partial charge in [-0.3, -0.25) is 19.2 Å². The maximum absolute atomic E-state index is 12.5. The third kappa shape index (κ3) is 7.44. The van der Waals surface area contributed by atoms with Crippen molar-refractivity contribution in [3.63, 3.8) is 0 Å². The van der Waals surface area contributed by atoms with Crippen LogP contribution in [-0.2, 0) is 42.9 Å². The summed E-state index contributed by atoms with van der Waals surface area (Å²) in [5, 5.41) is 9.89. The van der Waals surface area contributed by atoms with Crippen molar-refractivity contribution in [3.05, 3.63) is 0 Å². The number of hydrogen-bond acceptors (Lipinski definition) is 10. The minimum absolute atomic E-state index is 0.524. The van der Waals surface area contributed by atoms with Crippen molar-refractivity contribution in [1.29, 1.82) is 0 Å². The Bertz CT molecular complexity index is 670. The van der Waals surface area contributed by atoms with Gasteiger partial charge in [-0.2, -0.15) is 0 Å². The Balaban J connectivity index is 3.45. The van der Waals surface area contributed by atoms with E-state index in [4.69, 9.17) is 23.7 Å². The van der Waals surface area contributed by atoms with E-state index >= 15 is 0 Å². The molecule has 10 heteroatoms. The van der Waals surface area contributed by atoms with Crippen molar-refractivity contribution in [3.8, 4) is 0 Å². The molecule has 1 rings (SSSR count). The summed E-state index contributed by atoms with van der Waals surface area (Å²) >= 11 is 0. The lowest BCUT2D eigenvalue weighted by molar-refractivity contribution is -0.303. The smallest absolute Gasteiger partial charge is 0.310 e. The second-order valence-corrected chi connectivity index (χ2v) is 8.99. The molecule has 1 heterocycles. The highest BCUT2D eigenvalue weighted by Crippen LogP contribution is 2.31. The first-order valence-corrected chi connectivity index (χ1v) is 10.9. The number of carbonyl (C=O) groups excluding carboxylic acids is 4. The zero-order valence-electron chi connectivity index (χ0n) is 20.0. The van der Waals surface area contributed by atoms with E-state index in [0.717, 1.165) is 0 Å². The van der Waals surface area contributed by atoms with Crippen LogP contribution in [0.3, 0.4) is 0 Å². The molecule has 0 saturated carbocycles. The Kier molecular flexibility index (Phi) is 10.6. The highest BCUT2D eigenvalue weighted by molar-refractivity contribution is 5.74. The minimum Gasteiger partial charge on any atom is -0.455 e. The van der Waals surface area contributed by atoms with Gasteiger partial charge >= 0.3 is 23.9 Å². The normalized spacial score (nSPS) is 25.7. The van der Waals surface area contributed by atoms with Crippen molar-refractivity contribution in [2.75, 3.05) is 6.61 Å². The molecule has 184 valence electrons. The second kappa shape index (κ2) is 12.2. The van der Waals surface area contributed by atoms with Crippen LogP contribution in [-0.4, -0.2) is 66.3 Å². The topological polar surface area (TPSA) is 135 Å². The van der Waals surface area contributed by atoms with Gasteiger partial charge in [0.15, 0.2) is 12.2 Å². The van der Waals surface area contributed by atoms with Gasteiger partial charge in [0.1, 0.15) is 6.10 Å². The number of aliphatic hydroxyl groups excluding tert-OH is 1. The van der Waals surface area contributed by atoms with Crippen LogP contribution >= 0.6 is 0 Å². The van der Waals surface area contributed by atoms with Gasteiger partial charge in [0, 0.05) is 0 Å². The van der Waals surface area contributed by atoms with Crippen molar-refractivity contribution in [2.24, 2.45) is 23.7 Å². The molecule has 0 spiro atoms. The first-order valence-electron chi connectivity index (χ1n) is 10.9. The van der Waals surface area contributed by atoms with Gasteiger partial charge in [-0.15, -0.1) is 0 Å². The lowest BCUT2D eigenvalue weighted by Crippen LogP contribution is -2.63. The molecule has 0 aromatic carbocycles. The number of rotatable bonds is 9. The van der Waals surface area contributed by atoms with Crippen LogP contribution in [0.25, 0.3) is 0 Å². The van der Waals surface area contributed by atoms with Gasteiger partial charge in [-0.25, -0.2) is 0 Å². The van der Waals surface area contributed by atoms with Crippen molar-refractivity contribution < 1.29 is 48.0 Å². The van der Waals surface area contributed by atoms with E-state index in [1.165, 1.54) is 0 Å². The fraction of sp³-hybridized carbons (Fsp3) is 0.818. The number of hydrogen-bond donors (Lipinski definition) is 1. The van der Waals surface area contributed by atoms with Crippen LogP contribution in [0, 0.1) is 23.7 Å². The van der Waals surface area contributed by atoms with Gasteiger partial charge < -0.3 is 28.8 Å². The molecule has 0 radical (unpaired) electrons. The molecule has 0 aromatic heterocycles. The molecule has 1 aliphatic heterocycles. The van der Waals surface area contributed by atoms with Crippen LogP contribution < -0.4 is 0 Å². The van der Waals surface area contributed by atoms with Crippen LogP contribution in [0.1, 0.15) is 55.4 Å². The largest absolute Gasteiger partial charge is 0.455 e. The Hall–Kier alpha value is -2.20. The summed E-state index contributed by atoms with van der Waals surface area (Å²) in [7, 11) is 0. The summed E-state index contributed by atoms with van der Waals surface area (Å²) < 4.78 is 27.6. The Morgan fingerprint density at radius 2 is 0.969 bits per heavy atom. The van der Waals surface area contributed by atoms with Crippen molar-refractivity contribution in [2.45, 2.75) is 86.1 Å². The number of aliphatic hydroxyl groups is 1. The molecular weight excluding hydrogens is 424 g/mol. The molecule has 1 fully saturated rings. The van der Waals surface area contributed by atoms with E-state index in [0.29, 0.717) is 0 Å². The molecule has 0 amide bonds. The molecule has 32 heavy (non-hydrogen) atoms. The zero-order chi connectivity index (χ0) is 24.7. The highest BCUT2D eigenvalue weighted by atomic mass is 16.7. The van der Waals surface area contributed by atoms with Gasteiger partial charge in [-0.05, 0) is 0 Å². The Morgan fingerprint density at radius 1 is 0.625 bits per heavy atom. The van der Waals surface area contributed by atoms with Gasteiger partial charge in [0.25, 0.3) is 0 Å². The first kappa shape index (κ1) is 27.8. The lowest BCUT2D eigenvalue weighted by Gasteiger charge is -2.44. The summed E-state index contributed by atoms with van der Waals surface area (Å²) in [6.07, 6.45) is -6.75. The van der Waals surface area contributed by atoms with E-state index in [9.17, 15) is 24.3 Å². The fourth-order valence-electron chi connectivity index (χ4n) is 2.58. The standard InChI is InChI=1S/C22H36O10/c1-10(2)18(24)29-15-14(9-23)28-22(32-21(27)13(7)8)17(31-20(26)12(5)6)16(15)30-19(25)11(3)4/h10-17,22-23H,9H2,1-8H3/t14-,15-,16+,17-,22?/m1/s1. The van der Waals surface area contributed by atoms with E-state index in [1.54, 1.807) is 55.4 Å². The highest BCUT2D eigenvalue weighted by Gasteiger charge is 2.54. The third-order valence-corrected chi connectivity index (χ3v) is 4.65. The SMILES string of the molecule is CC(C)C(=O)OC1O[C@H](CO)[C@@H](OC(=O)C(C)C)[C@H](OC(=O)C(C)C)[C@H]1OC(=O)C(C)C. The zero-order valence-corrected chi connectivity index (χ0v) is 20.0. The first-order chi connectivity index (χ1) is 14.8. The van der Waals surface area contributed by atoms with Gasteiger partial charge in [-0.1, -0.05) is 55.4 Å². The summed E-state index contributed by atoms with van der Waals surface area (Å²) in [5.41, 5.74) is 0. The van der Waals surface area contributed by atoms with Crippen LogP contribution in [0.15, 0.2) is 0 Å². The monoisotopic (exact) mass is 460 g/mol. The average molecular weight is 461 g/mol. The molecule has 1 saturated heterocycles. The molecule has 1 aliphatic rings. The summed E-state index contributed by atoms with van der Waals surface area (Å²) in [4.78, 5) is 49.5. The predicted octanol–water partition coefficient (Wildman–Crippen LogP) is 1.61. The second-order valence-electron chi connectivity index (χ2n) is 8.99. The van der Waals surface area contributed by atoms with Crippen molar-refractivity contribution in [1.82, 2.24) is 0 Å². The average Bonchev–Trinajstić information content (AvgIpc) is 2.70. The fourth-order valence-corrected chi connectivity index (χ4v) is 2.58.